The lowest BCUT2D eigenvalue weighted by Gasteiger charge is -2.09. The summed E-state index contributed by atoms with van der Waals surface area (Å²) in [5.41, 5.74) is 6.21. The molecule has 0 amide bonds. The monoisotopic (exact) mass is 415 g/mol. The second-order valence-electron chi connectivity index (χ2n) is 8.60. The summed E-state index contributed by atoms with van der Waals surface area (Å²) in [5.74, 6) is 0.403. The summed E-state index contributed by atoms with van der Waals surface area (Å²) in [4.78, 5) is 12.7. The van der Waals surface area contributed by atoms with Gasteiger partial charge in [-0.15, -0.1) is 0 Å². The predicted molar refractivity (Wildman–Crippen MR) is 126 cm³/mol. The summed E-state index contributed by atoms with van der Waals surface area (Å²) < 4.78 is 4.06. The Balaban J connectivity index is 1.38. The van der Waals surface area contributed by atoms with Crippen LogP contribution in [0.1, 0.15) is 28.8 Å². The van der Waals surface area contributed by atoms with E-state index in [4.69, 9.17) is 5.26 Å². The Hall–Kier alpha value is -4.10. The summed E-state index contributed by atoms with van der Waals surface area (Å²) in [6, 6.07) is 26.9. The summed E-state index contributed by atoms with van der Waals surface area (Å²) in [6.45, 7) is 0.746. The molecule has 0 saturated heterocycles. The average molecular weight is 415 g/mol. The van der Waals surface area contributed by atoms with Gasteiger partial charge in [0.15, 0.2) is 0 Å². The van der Waals surface area contributed by atoms with Crippen LogP contribution in [0.4, 0.5) is 0 Å². The van der Waals surface area contributed by atoms with Crippen LogP contribution in [-0.4, -0.2) is 15.0 Å². The molecule has 1 aliphatic rings. The van der Waals surface area contributed by atoms with E-state index in [0.29, 0.717) is 5.56 Å². The van der Waals surface area contributed by atoms with Gasteiger partial charge in [-0.1, -0.05) is 36.4 Å². The van der Waals surface area contributed by atoms with Crippen LogP contribution in [0.2, 0.25) is 0 Å². The van der Waals surface area contributed by atoms with Crippen molar-refractivity contribution in [2.24, 2.45) is 5.92 Å². The molecular formula is C28H21N3O. The average Bonchev–Trinajstić information content (AvgIpc) is 3.49. The molecule has 1 fully saturated rings. The Labute approximate surface area is 185 Å². The predicted octanol–water partition coefficient (Wildman–Crippen LogP) is 6.23. The molecule has 0 atom stereocenters. The summed E-state index contributed by atoms with van der Waals surface area (Å²) in [5, 5.41) is 11.3. The fraction of sp³-hybridized carbons (Fsp3) is 0.143. The number of carbonyl (C=O) groups is 1. The van der Waals surface area contributed by atoms with E-state index in [0.717, 1.165) is 52.5 Å². The number of nitrogens with zero attached hydrogens (tertiary/aromatic N) is 3. The van der Waals surface area contributed by atoms with Gasteiger partial charge in [0.25, 0.3) is 0 Å². The maximum Gasteiger partial charge on any atom is 0.234 e. The van der Waals surface area contributed by atoms with Crippen molar-refractivity contribution < 1.29 is 4.79 Å². The number of aromatic nitrogens is 2. The molecule has 154 valence electrons. The van der Waals surface area contributed by atoms with E-state index in [1.807, 2.05) is 41.1 Å². The van der Waals surface area contributed by atoms with Gasteiger partial charge >= 0.3 is 0 Å². The fourth-order valence-corrected chi connectivity index (χ4v) is 4.41. The minimum absolute atomic E-state index is 0.191. The lowest BCUT2D eigenvalue weighted by atomic mass is 10.0. The maximum absolute atomic E-state index is 12.7. The van der Waals surface area contributed by atoms with Gasteiger partial charge in [-0.2, -0.15) is 5.26 Å². The van der Waals surface area contributed by atoms with Gasteiger partial charge in [0.1, 0.15) is 0 Å². The number of hydrogen-bond acceptors (Lipinski definition) is 2. The highest BCUT2D eigenvalue weighted by molar-refractivity contribution is 5.96. The first-order chi connectivity index (χ1) is 15.7. The first-order valence-corrected chi connectivity index (χ1v) is 10.9. The highest BCUT2D eigenvalue weighted by Gasteiger charge is 2.31. The molecule has 4 nitrogen and oxygen atoms in total. The Kier molecular flexibility index (Phi) is 4.22. The lowest BCUT2D eigenvalue weighted by Crippen LogP contribution is -2.10. The molecule has 0 aliphatic heterocycles. The van der Waals surface area contributed by atoms with Crippen molar-refractivity contribution in [2.45, 2.75) is 19.4 Å². The molecular weight excluding hydrogens is 394 g/mol. The quantitative estimate of drug-likeness (QED) is 0.349. The van der Waals surface area contributed by atoms with Gasteiger partial charge in [0.05, 0.1) is 17.1 Å². The third-order valence-corrected chi connectivity index (χ3v) is 6.40. The van der Waals surface area contributed by atoms with Crippen LogP contribution in [0.3, 0.4) is 0 Å². The lowest BCUT2D eigenvalue weighted by molar-refractivity contribution is 0.0891. The molecule has 0 unspecified atom stereocenters. The van der Waals surface area contributed by atoms with Crippen LogP contribution < -0.4 is 0 Å². The van der Waals surface area contributed by atoms with Crippen LogP contribution >= 0.6 is 0 Å². The van der Waals surface area contributed by atoms with Gasteiger partial charge in [-0.3, -0.25) is 9.36 Å². The molecule has 0 radical (unpaired) electrons. The van der Waals surface area contributed by atoms with Crippen LogP contribution in [0, 0.1) is 17.2 Å². The van der Waals surface area contributed by atoms with Crippen molar-refractivity contribution >= 4 is 27.7 Å². The number of fused-ring (bicyclic) bond motifs is 2. The van der Waals surface area contributed by atoms with Crippen LogP contribution in [0.25, 0.3) is 32.9 Å². The molecule has 0 N–H and O–H groups in total. The van der Waals surface area contributed by atoms with Crippen LogP contribution in [0.15, 0.2) is 85.2 Å². The molecule has 0 spiro atoms. The SMILES string of the molecule is N#Cc1ccc(Cn2ccc3ccc(-c4ccc5ccn(C(=O)C6CC6)c5c4)cc32)cc1. The molecule has 1 saturated carbocycles. The fourth-order valence-electron chi connectivity index (χ4n) is 4.41. The Bertz CT molecular complexity index is 1530. The number of rotatable bonds is 4. The van der Waals surface area contributed by atoms with Crippen LogP contribution in [-0.2, 0) is 6.54 Å². The Morgan fingerprint density at radius 2 is 1.50 bits per heavy atom. The van der Waals surface area contributed by atoms with Gasteiger partial charge in [-0.25, -0.2) is 0 Å². The molecule has 0 bridgehead atoms. The largest absolute Gasteiger partial charge is 0.343 e. The van der Waals surface area contributed by atoms with Gasteiger partial charge in [-0.05, 0) is 71.3 Å². The highest BCUT2D eigenvalue weighted by atomic mass is 16.2. The Morgan fingerprint density at radius 3 is 2.19 bits per heavy atom. The molecule has 2 heterocycles. The maximum atomic E-state index is 12.7. The molecule has 1 aliphatic carbocycles. The minimum atomic E-state index is 0.191. The third kappa shape index (κ3) is 3.19. The second kappa shape index (κ2) is 7.25. The highest BCUT2D eigenvalue weighted by Crippen LogP contribution is 2.33. The third-order valence-electron chi connectivity index (χ3n) is 6.40. The van der Waals surface area contributed by atoms with E-state index in [9.17, 15) is 4.79 Å². The smallest absolute Gasteiger partial charge is 0.234 e. The van der Waals surface area contributed by atoms with E-state index >= 15 is 0 Å². The van der Waals surface area contributed by atoms with Crippen LogP contribution in [0.5, 0.6) is 0 Å². The number of benzene rings is 3. The van der Waals surface area contributed by atoms with Crippen molar-refractivity contribution in [3.8, 4) is 17.2 Å². The van der Waals surface area contributed by atoms with E-state index in [-0.39, 0.29) is 11.8 Å². The number of hydrogen-bond donors (Lipinski definition) is 0. The second-order valence-corrected chi connectivity index (χ2v) is 8.60. The number of carbonyl (C=O) groups excluding carboxylic acids is 1. The standard InChI is InChI=1S/C28H21N3O/c29-17-19-1-3-20(4-2-19)18-30-13-11-21-5-9-24(15-26(21)30)25-10-6-22-12-14-31(27(22)16-25)28(32)23-7-8-23/h1-6,9-16,23H,7-8,18H2. The van der Waals surface area contributed by atoms with E-state index in [1.54, 1.807) is 0 Å². The first kappa shape index (κ1) is 18.7. The molecule has 32 heavy (non-hydrogen) atoms. The zero-order chi connectivity index (χ0) is 21.7. The molecule has 6 rings (SSSR count). The minimum Gasteiger partial charge on any atom is -0.343 e. The molecule has 2 aromatic heterocycles. The van der Waals surface area contributed by atoms with Crippen molar-refractivity contribution in [3.05, 3.63) is 96.3 Å². The summed E-state index contributed by atoms with van der Waals surface area (Å²) in [6.07, 6.45) is 6.02. The van der Waals surface area contributed by atoms with E-state index < -0.39 is 0 Å². The van der Waals surface area contributed by atoms with Crippen molar-refractivity contribution in [1.82, 2.24) is 9.13 Å². The summed E-state index contributed by atoms with van der Waals surface area (Å²) in [7, 11) is 0. The van der Waals surface area contributed by atoms with Crippen molar-refractivity contribution in [3.63, 3.8) is 0 Å². The topological polar surface area (TPSA) is 50.7 Å². The molecule has 3 aromatic carbocycles. The number of nitriles is 1. The van der Waals surface area contributed by atoms with E-state index in [1.165, 1.54) is 5.39 Å². The zero-order valence-electron chi connectivity index (χ0n) is 17.5. The normalized spacial score (nSPS) is 13.5. The Morgan fingerprint density at radius 1 is 0.844 bits per heavy atom. The van der Waals surface area contributed by atoms with E-state index in [2.05, 4.69) is 59.3 Å². The van der Waals surface area contributed by atoms with Gasteiger partial charge in [0, 0.05) is 35.8 Å². The summed E-state index contributed by atoms with van der Waals surface area (Å²) >= 11 is 0. The van der Waals surface area contributed by atoms with Crippen molar-refractivity contribution in [2.75, 3.05) is 0 Å². The van der Waals surface area contributed by atoms with Gasteiger partial charge < -0.3 is 4.57 Å². The zero-order valence-corrected chi connectivity index (χ0v) is 17.5. The molecule has 5 aromatic rings. The first-order valence-electron chi connectivity index (χ1n) is 10.9. The van der Waals surface area contributed by atoms with Crippen molar-refractivity contribution in [1.29, 1.82) is 5.26 Å². The van der Waals surface area contributed by atoms with Gasteiger partial charge in [0.2, 0.25) is 5.91 Å². The molecule has 4 heteroatoms.